The van der Waals surface area contributed by atoms with Crippen LogP contribution in [0.3, 0.4) is 0 Å². The van der Waals surface area contributed by atoms with Crippen LogP contribution in [-0.2, 0) is 0 Å². The molecule has 2 aromatic rings. The van der Waals surface area contributed by atoms with Crippen molar-refractivity contribution in [2.24, 2.45) is 0 Å². The van der Waals surface area contributed by atoms with Gasteiger partial charge in [0.05, 0.1) is 6.04 Å². The first-order valence-electron chi connectivity index (χ1n) is 6.73. The number of benzene rings is 2. The largest absolute Gasteiger partial charge is 0.362 e. The van der Waals surface area contributed by atoms with Gasteiger partial charge in [0.2, 0.25) is 0 Å². The Morgan fingerprint density at radius 2 is 1.85 bits per heavy atom. The van der Waals surface area contributed by atoms with E-state index in [1.807, 2.05) is 24.3 Å². The van der Waals surface area contributed by atoms with Crippen LogP contribution >= 0.6 is 23.2 Å². The second-order valence-corrected chi connectivity index (χ2v) is 5.76. The molecule has 4 heteroatoms. The van der Waals surface area contributed by atoms with Gasteiger partial charge in [-0.05, 0) is 35.9 Å². The molecule has 1 atom stereocenters. The van der Waals surface area contributed by atoms with Crippen molar-refractivity contribution in [3.05, 3.63) is 64.1 Å². The van der Waals surface area contributed by atoms with E-state index in [2.05, 4.69) is 34.5 Å². The summed E-state index contributed by atoms with van der Waals surface area (Å²) in [4.78, 5) is 2.38. The summed E-state index contributed by atoms with van der Waals surface area (Å²) in [5, 5.41) is 4.93. The molecule has 3 rings (SSSR count). The second kappa shape index (κ2) is 6.04. The fourth-order valence-corrected chi connectivity index (χ4v) is 3.10. The molecule has 2 nitrogen and oxygen atoms in total. The van der Waals surface area contributed by atoms with Crippen LogP contribution in [0, 0.1) is 0 Å². The summed E-state index contributed by atoms with van der Waals surface area (Å²) in [5.41, 5.74) is 2.30. The lowest BCUT2D eigenvalue weighted by Crippen LogP contribution is -2.46. The van der Waals surface area contributed by atoms with E-state index < -0.39 is 0 Å². The van der Waals surface area contributed by atoms with E-state index in [1.54, 1.807) is 0 Å². The first kappa shape index (κ1) is 13.7. The fraction of sp³-hybridized carbons (Fsp3) is 0.250. The van der Waals surface area contributed by atoms with Crippen molar-refractivity contribution in [3.63, 3.8) is 0 Å². The Bertz CT molecular complexity index is 586. The van der Waals surface area contributed by atoms with Gasteiger partial charge in [0, 0.05) is 35.4 Å². The Morgan fingerprint density at radius 1 is 1.05 bits per heavy atom. The number of rotatable bonds is 2. The van der Waals surface area contributed by atoms with Crippen molar-refractivity contribution in [1.82, 2.24) is 5.32 Å². The summed E-state index contributed by atoms with van der Waals surface area (Å²) in [6, 6.07) is 16.3. The van der Waals surface area contributed by atoms with E-state index in [9.17, 15) is 0 Å². The highest BCUT2D eigenvalue weighted by atomic mass is 35.5. The lowest BCUT2D eigenvalue weighted by molar-refractivity contribution is 0.490. The number of para-hydroxylation sites is 1. The first-order valence-corrected chi connectivity index (χ1v) is 7.48. The highest BCUT2D eigenvalue weighted by molar-refractivity contribution is 6.33. The third-order valence-corrected chi connectivity index (χ3v) is 4.23. The lowest BCUT2D eigenvalue weighted by Gasteiger charge is -2.38. The number of halogens is 2. The van der Waals surface area contributed by atoms with Crippen LogP contribution in [0.2, 0.25) is 10.0 Å². The fourth-order valence-electron chi connectivity index (χ4n) is 2.68. The van der Waals surface area contributed by atoms with Gasteiger partial charge in [-0.1, -0.05) is 41.4 Å². The molecule has 0 aliphatic carbocycles. The maximum Gasteiger partial charge on any atom is 0.0682 e. The van der Waals surface area contributed by atoms with Crippen LogP contribution in [-0.4, -0.2) is 19.6 Å². The number of nitrogens with zero attached hydrogens (tertiary/aromatic N) is 1. The van der Waals surface area contributed by atoms with Crippen molar-refractivity contribution in [2.75, 3.05) is 24.5 Å². The number of anilines is 1. The van der Waals surface area contributed by atoms with Gasteiger partial charge in [-0.3, -0.25) is 0 Å². The molecule has 1 saturated heterocycles. The van der Waals surface area contributed by atoms with Gasteiger partial charge in [0.1, 0.15) is 0 Å². The molecule has 1 aliphatic heterocycles. The standard InChI is InChI=1S/C16H16Cl2N2/c17-12-6-7-15(18)14(10-12)16-11-19-8-9-20(16)13-4-2-1-3-5-13/h1-7,10,16,19H,8-9,11H2. The van der Waals surface area contributed by atoms with Crippen LogP contribution in [0.1, 0.15) is 11.6 Å². The molecule has 0 spiro atoms. The Hall–Kier alpha value is -1.22. The van der Waals surface area contributed by atoms with E-state index in [0.29, 0.717) is 0 Å². The van der Waals surface area contributed by atoms with Crippen LogP contribution in [0.5, 0.6) is 0 Å². The van der Waals surface area contributed by atoms with Crippen molar-refractivity contribution in [2.45, 2.75) is 6.04 Å². The molecule has 0 radical (unpaired) electrons. The van der Waals surface area contributed by atoms with E-state index in [0.717, 1.165) is 35.2 Å². The zero-order valence-electron chi connectivity index (χ0n) is 11.0. The van der Waals surface area contributed by atoms with Crippen molar-refractivity contribution in [1.29, 1.82) is 0 Å². The predicted octanol–water partition coefficient (Wildman–Crippen LogP) is 4.14. The normalized spacial score (nSPS) is 19.1. The number of nitrogens with one attached hydrogen (secondary N) is 1. The van der Waals surface area contributed by atoms with E-state index >= 15 is 0 Å². The van der Waals surface area contributed by atoms with Crippen LogP contribution < -0.4 is 10.2 Å². The molecule has 20 heavy (non-hydrogen) atoms. The minimum absolute atomic E-state index is 0.206. The summed E-state index contributed by atoms with van der Waals surface area (Å²) in [6.45, 7) is 2.80. The second-order valence-electron chi connectivity index (χ2n) is 4.91. The van der Waals surface area contributed by atoms with Gasteiger partial charge in [-0.25, -0.2) is 0 Å². The van der Waals surface area contributed by atoms with Gasteiger partial charge in [0.25, 0.3) is 0 Å². The number of piperazine rings is 1. The summed E-state index contributed by atoms with van der Waals surface area (Å²) in [7, 11) is 0. The third-order valence-electron chi connectivity index (χ3n) is 3.65. The Labute approximate surface area is 129 Å². The average molecular weight is 307 g/mol. The van der Waals surface area contributed by atoms with Gasteiger partial charge in [0.15, 0.2) is 0 Å². The molecular formula is C16H16Cl2N2. The summed E-state index contributed by atoms with van der Waals surface area (Å²) >= 11 is 12.5. The Balaban J connectivity index is 1.99. The Kier molecular flexibility index (Phi) is 4.16. The molecule has 2 aromatic carbocycles. The van der Waals surface area contributed by atoms with Gasteiger partial charge < -0.3 is 10.2 Å². The van der Waals surface area contributed by atoms with Crippen molar-refractivity contribution >= 4 is 28.9 Å². The molecule has 104 valence electrons. The van der Waals surface area contributed by atoms with Gasteiger partial charge >= 0.3 is 0 Å². The van der Waals surface area contributed by atoms with Crippen LogP contribution in [0.15, 0.2) is 48.5 Å². The molecule has 1 heterocycles. The molecule has 1 aliphatic rings. The Morgan fingerprint density at radius 3 is 2.65 bits per heavy atom. The quantitative estimate of drug-likeness (QED) is 0.897. The maximum atomic E-state index is 6.37. The average Bonchev–Trinajstić information content (AvgIpc) is 2.51. The van der Waals surface area contributed by atoms with E-state index in [-0.39, 0.29) is 6.04 Å². The lowest BCUT2D eigenvalue weighted by atomic mass is 10.0. The smallest absolute Gasteiger partial charge is 0.0682 e. The number of hydrogen-bond acceptors (Lipinski definition) is 2. The molecule has 1 N–H and O–H groups in total. The van der Waals surface area contributed by atoms with E-state index in [4.69, 9.17) is 23.2 Å². The van der Waals surface area contributed by atoms with Crippen LogP contribution in [0.25, 0.3) is 0 Å². The predicted molar refractivity (Wildman–Crippen MR) is 85.9 cm³/mol. The maximum absolute atomic E-state index is 6.37. The third kappa shape index (κ3) is 2.78. The molecule has 0 aromatic heterocycles. The SMILES string of the molecule is Clc1ccc(Cl)c(C2CNCCN2c2ccccc2)c1. The van der Waals surface area contributed by atoms with Gasteiger partial charge in [-0.2, -0.15) is 0 Å². The molecule has 0 saturated carbocycles. The van der Waals surface area contributed by atoms with Crippen molar-refractivity contribution in [3.8, 4) is 0 Å². The zero-order chi connectivity index (χ0) is 13.9. The van der Waals surface area contributed by atoms with Crippen molar-refractivity contribution < 1.29 is 0 Å². The van der Waals surface area contributed by atoms with Crippen LogP contribution in [0.4, 0.5) is 5.69 Å². The summed E-state index contributed by atoms with van der Waals surface area (Å²) < 4.78 is 0. The highest BCUT2D eigenvalue weighted by Gasteiger charge is 2.25. The minimum Gasteiger partial charge on any atom is -0.362 e. The zero-order valence-corrected chi connectivity index (χ0v) is 12.5. The topological polar surface area (TPSA) is 15.3 Å². The summed E-state index contributed by atoms with van der Waals surface area (Å²) in [6.07, 6.45) is 0. The number of hydrogen-bond donors (Lipinski definition) is 1. The minimum atomic E-state index is 0.206. The first-order chi connectivity index (χ1) is 9.75. The molecule has 1 fully saturated rings. The molecular weight excluding hydrogens is 291 g/mol. The monoisotopic (exact) mass is 306 g/mol. The molecule has 0 bridgehead atoms. The molecule has 0 amide bonds. The van der Waals surface area contributed by atoms with E-state index in [1.165, 1.54) is 5.69 Å². The molecule has 1 unspecified atom stereocenters. The highest BCUT2D eigenvalue weighted by Crippen LogP contribution is 2.33. The van der Waals surface area contributed by atoms with Gasteiger partial charge in [-0.15, -0.1) is 0 Å². The summed E-state index contributed by atoms with van der Waals surface area (Å²) in [5.74, 6) is 0.